The SMILES string of the molecule is CCCCCCNC(N)=NCc1cccc(C(=O)NCCC)c1. The molecule has 0 saturated carbocycles. The van der Waals surface area contributed by atoms with Crippen LogP contribution in [0.2, 0.25) is 0 Å². The molecule has 0 bridgehead atoms. The Labute approximate surface area is 139 Å². The number of aliphatic imine (C=N–C) groups is 1. The number of nitrogens with zero attached hydrogens (tertiary/aromatic N) is 1. The van der Waals surface area contributed by atoms with Crippen LogP contribution in [-0.2, 0) is 6.54 Å². The molecule has 128 valence electrons. The summed E-state index contributed by atoms with van der Waals surface area (Å²) in [7, 11) is 0. The van der Waals surface area contributed by atoms with Crippen molar-refractivity contribution in [1.29, 1.82) is 0 Å². The number of carbonyl (C=O) groups excluding carboxylic acids is 1. The molecule has 0 atom stereocenters. The minimum Gasteiger partial charge on any atom is -0.370 e. The summed E-state index contributed by atoms with van der Waals surface area (Å²) in [6.07, 6.45) is 5.73. The first-order valence-electron chi connectivity index (χ1n) is 8.58. The Hall–Kier alpha value is -2.04. The van der Waals surface area contributed by atoms with Gasteiger partial charge in [0.2, 0.25) is 0 Å². The van der Waals surface area contributed by atoms with Crippen molar-refractivity contribution >= 4 is 11.9 Å². The largest absolute Gasteiger partial charge is 0.370 e. The van der Waals surface area contributed by atoms with E-state index in [9.17, 15) is 4.79 Å². The number of unbranched alkanes of at least 4 members (excludes halogenated alkanes) is 3. The molecule has 0 unspecified atom stereocenters. The van der Waals surface area contributed by atoms with Crippen molar-refractivity contribution in [3.63, 3.8) is 0 Å². The summed E-state index contributed by atoms with van der Waals surface area (Å²) in [5.74, 6) is 0.419. The normalized spacial score (nSPS) is 11.3. The summed E-state index contributed by atoms with van der Waals surface area (Å²) in [6, 6.07) is 7.51. The molecule has 0 spiro atoms. The Morgan fingerprint density at radius 2 is 1.91 bits per heavy atom. The van der Waals surface area contributed by atoms with Gasteiger partial charge in [-0.25, -0.2) is 4.99 Å². The van der Waals surface area contributed by atoms with Gasteiger partial charge in [-0.05, 0) is 30.5 Å². The van der Waals surface area contributed by atoms with E-state index in [0.717, 1.165) is 24.9 Å². The Kier molecular flexibility index (Phi) is 9.52. The number of hydrogen-bond donors (Lipinski definition) is 3. The molecular weight excluding hydrogens is 288 g/mol. The Morgan fingerprint density at radius 1 is 1.09 bits per heavy atom. The minimum atomic E-state index is -0.0419. The van der Waals surface area contributed by atoms with Crippen LogP contribution in [0.3, 0.4) is 0 Å². The third-order valence-corrected chi connectivity index (χ3v) is 3.49. The van der Waals surface area contributed by atoms with Crippen LogP contribution in [0.25, 0.3) is 0 Å². The van der Waals surface area contributed by atoms with Gasteiger partial charge < -0.3 is 16.4 Å². The molecule has 0 aliphatic carbocycles. The maximum atomic E-state index is 11.9. The fraction of sp³-hybridized carbons (Fsp3) is 0.556. The van der Waals surface area contributed by atoms with Crippen LogP contribution < -0.4 is 16.4 Å². The molecule has 4 N–H and O–H groups in total. The maximum Gasteiger partial charge on any atom is 0.251 e. The molecule has 0 saturated heterocycles. The van der Waals surface area contributed by atoms with Crippen LogP contribution in [0.15, 0.2) is 29.3 Å². The van der Waals surface area contributed by atoms with Gasteiger partial charge in [-0.2, -0.15) is 0 Å². The molecule has 23 heavy (non-hydrogen) atoms. The average molecular weight is 318 g/mol. The van der Waals surface area contributed by atoms with Crippen LogP contribution in [-0.4, -0.2) is 25.0 Å². The standard InChI is InChI=1S/C18H30N4O/c1-3-5-6-7-12-21-18(19)22-14-15-9-8-10-16(13-15)17(23)20-11-4-2/h8-10,13H,3-7,11-12,14H2,1-2H3,(H,20,23)(H3,19,21,22). The summed E-state index contributed by atoms with van der Waals surface area (Å²) < 4.78 is 0. The van der Waals surface area contributed by atoms with Gasteiger partial charge >= 0.3 is 0 Å². The summed E-state index contributed by atoms with van der Waals surface area (Å²) in [4.78, 5) is 16.3. The quantitative estimate of drug-likeness (QED) is 0.352. The smallest absolute Gasteiger partial charge is 0.251 e. The minimum absolute atomic E-state index is 0.0419. The van der Waals surface area contributed by atoms with Crippen molar-refractivity contribution in [2.75, 3.05) is 13.1 Å². The molecule has 0 fully saturated rings. The van der Waals surface area contributed by atoms with Crippen molar-refractivity contribution in [2.45, 2.75) is 52.5 Å². The lowest BCUT2D eigenvalue weighted by molar-refractivity contribution is 0.0953. The summed E-state index contributed by atoms with van der Waals surface area (Å²) in [5.41, 5.74) is 7.50. The van der Waals surface area contributed by atoms with Gasteiger partial charge in [0.1, 0.15) is 0 Å². The van der Waals surface area contributed by atoms with Gasteiger partial charge in [0.25, 0.3) is 5.91 Å². The van der Waals surface area contributed by atoms with Crippen LogP contribution in [0.1, 0.15) is 61.9 Å². The fourth-order valence-electron chi connectivity index (χ4n) is 2.15. The lowest BCUT2D eigenvalue weighted by Crippen LogP contribution is -2.32. The van der Waals surface area contributed by atoms with E-state index in [1.54, 1.807) is 0 Å². The second kappa shape index (κ2) is 11.5. The second-order valence-corrected chi connectivity index (χ2v) is 5.65. The molecule has 0 radical (unpaired) electrons. The topological polar surface area (TPSA) is 79.5 Å². The number of nitrogens with one attached hydrogen (secondary N) is 2. The number of carbonyl (C=O) groups is 1. The van der Waals surface area contributed by atoms with E-state index in [2.05, 4.69) is 22.5 Å². The van der Waals surface area contributed by atoms with Gasteiger partial charge in [-0.3, -0.25) is 4.79 Å². The van der Waals surface area contributed by atoms with E-state index in [4.69, 9.17) is 5.73 Å². The predicted molar refractivity (Wildman–Crippen MR) is 96.5 cm³/mol. The van der Waals surface area contributed by atoms with E-state index in [1.165, 1.54) is 19.3 Å². The average Bonchev–Trinajstić information content (AvgIpc) is 2.58. The predicted octanol–water partition coefficient (Wildman–Crippen LogP) is 2.81. The third kappa shape index (κ3) is 8.24. The third-order valence-electron chi connectivity index (χ3n) is 3.49. The number of rotatable bonds is 10. The summed E-state index contributed by atoms with van der Waals surface area (Å²) >= 11 is 0. The van der Waals surface area contributed by atoms with Gasteiger partial charge in [0.15, 0.2) is 5.96 Å². The molecule has 5 heteroatoms. The number of nitrogens with two attached hydrogens (primary N) is 1. The first-order valence-corrected chi connectivity index (χ1v) is 8.58. The number of benzene rings is 1. The van der Waals surface area contributed by atoms with Crippen molar-refractivity contribution in [3.05, 3.63) is 35.4 Å². The van der Waals surface area contributed by atoms with Gasteiger partial charge in [-0.1, -0.05) is 45.2 Å². The molecular formula is C18H30N4O. The first kappa shape index (κ1) is 19.0. The molecule has 0 aliphatic rings. The van der Waals surface area contributed by atoms with Gasteiger partial charge in [0, 0.05) is 18.7 Å². The lowest BCUT2D eigenvalue weighted by Gasteiger charge is -2.07. The maximum absolute atomic E-state index is 11.9. The van der Waals surface area contributed by atoms with Crippen LogP contribution in [0, 0.1) is 0 Å². The van der Waals surface area contributed by atoms with E-state index < -0.39 is 0 Å². The van der Waals surface area contributed by atoms with Crippen molar-refractivity contribution in [3.8, 4) is 0 Å². The Balaban J connectivity index is 2.44. The molecule has 0 aliphatic heterocycles. The van der Waals surface area contributed by atoms with Crippen LogP contribution in [0.4, 0.5) is 0 Å². The zero-order valence-corrected chi connectivity index (χ0v) is 14.4. The van der Waals surface area contributed by atoms with Gasteiger partial charge in [-0.15, -0.1) is 0 Å². The Bertz CT molecular complexity index is 500. The van der Waals surface area contributed by atoms with Gasteiger partial charge in [0.05, 0.1) is 6.54 Å². The molecule has 1 rings (SSSR count). The van der Waals surface area contributed by atoms with Crippen LogP contribution in [0.5, 0.6) is 0 Å². The fourth-order valence-corrected chi connectivity index (χ4v) is 2.15. The Morgan fingerprint density at radius 3 is 2.65 bits per heavy atom. The molecule has 1 aromatic rings. The number of guanidine groups is 1. The number of amides is 1. The zero-order chi connectivity index (χ0) is 16.9. The molecule has 0 aromatic heterocycles. The second-order valence-electron chi connectivity index (χ2n) is 5.65. The summed E-state index contributed by atoms with van der Waals surface area (Å²) in [5, 5.41) is 6.00. The van der Waals surface area contributed by atoms with Crippen LogP contribution >= 0.6 is 0 Å². The molecule has 0 heterocycles. The van der Waals surface area contributed by atoms with E-state index in [0.29, 0.717) is 24.6 Å². The highest BCUT2D eigenvalue weighted by atomic mass is 16.1. The highest BCUT2D eigenvalue weighted by Gasteiger charge is 2.04. The van der Waals surface area contributed by atoms with E-state index >= 15 is 0 Å². The molecule has 5 nitrogen and oxygen atoms in total. The molecule has 1 aromatic carbocycles. The monoisotopic (exact) mass is 318 g/mol. The number of hydrogen-bond acceptors (Lipinski definition) is 2. The first-order chi connectivity index (χ1) is 11.2. The van der Waals surface area contributed by atoms with Crippen molar-refractivity contribution < 1.29 is 4.79 Å². The van der Waals surface area contributed by atoms with Crippen molar-refractivity contribution in [2.24, 2.45) is 10.7 Å². The highest BCUT2D eigenvalue weighted by Crippen LogP contribution is 2.06. The molecule has 1 amide bonds. The van der Waals surface area contributed by atoms with E-state index in [1.807, 2.05) is 31.2 Å². The lowest BCUT2D eigenvalue weighted by atomic mass is 10.1. The highest BCUT2D eigenvalue weighted by molar-refractivity contribution is 5.94. The van der Waals surface area contributed by atoms with Crippen molar-refractivity contribution in [1.82, 2.24) is 10.6 Å². The zero-order valence-electron chi connectivity index (χ0n) is 14.4. The summed E-state index contributed by atoms with van der Waals surface area (Å²) in [6.45, 7) is 6.25. The van der Waals surface area contributed by atoms with E-state index in [-0.39, 0.29) is 5.91 Å².